The van der Waals surface area contributed by atoms with Crippen LogP contribution in [0, 0.1) is 0 Å². The van der Waals surface area contributed by atoms with Crippen LogP contribution in [0.3, 0.4) is 0 Å². The summed E-state index contributed by atoms with van der Waals surface area (Å²) in [7, 11) is 2.04. The first-order valence-corrected chi connectivity index (χ1v) is 7.34. The van der Waals surface area contributed by atoms with Crippen LogP contribution in [0.4, 0.5) is 5.69 Å². The van der Waals surface area contributed by atoms with E-state index in [1.54, 1.807) is 0 Å². The topological polar surface area (TPSA) is 15.3 Å². The highest BCUT2D eigenvalue weighted by Gasteiger charge is 2.28. The summed E-state index contributed by atoms with van der Waals surface area (Å²) in [5, 5.41) is 3.36. The van der Waals surface area contributed by atoms with Gasteiger partial charge in [-0.3, -0.25) is 0 Å². The Bertz CT molecular complexity index is 350. The van der Waals surface area contributed by atoms with Crippen molar-refractivity contribution < 1.29 is 0 Å². The molecule has 18 heavy (non-hydrogen) atoms. The molecule has 2 rings (SSSR count). The largest absolute Gasteiger partial charge is 0.369 e. The third-order valence-electron chi connectivity index (χ3n) is 3.84. The van der Waals surface area contributed by atoms with E-state index in [2.05, 4.69) is 48.3 Å². The van der Waals surface area contributed by atoms with Crippen molar-refractivity contribution in [1.29, 1.82) is 0 Å². The molecule has 1 fully saturated rings. The lowest BCUT2D eigenvalue weighted by molar-refractivity contribution is 0.577. The third kappa shape index (κ3) is 3.05. The fourth-order valence-electron chi connectivity index (χ4n) is 2.65. The van der Waals surface area contributed by atoms with Gasteiger partial charge in [0.1, 0.15) is 0 Å². The summed E-state index contributed by atoms with van der Waals surface area (Å²) < 4.78 is 0. The van der Waals surface area contributed by atoms with Crippen LogP contribution in [0.2, 0.25) is 0 Å². The maximum Gasteiger partial charge on any atom is 0.0368 e. The van der Waals surface area contributed by atoms with E-state index in [0.29, 0.717) is 6.04 Å². The first-order chi connectivity index (χ1) is 8.80. The maximum atomic E-state index is 3.36. The zero-order valence-electron chi connectivity index (χ0n) is 11.9. The van der Waals surface area contributed by atoms with Gasteiger partial charge >= 0.3 is 0 Å². The van der Waals surface area contributed by atoms with Crippen LogP contribution in [0.25, 0.3) is 0 Å². The monoisotopic (exact) mass is 246 g/mol. The third-order valence-corrected chi connectivity index (χ3v) is 3.84. The van der Waals surface area contributed by atoms with Crippen molar-refractivity contribution in [3.05, 3.63) is 29.8 Å². The van der Waals surface area contributed by atoms with E-state index in [1.807, 2.05) is 7.05 Å². The predicted molar refractivity (Wildman–Crippen MR) is 79.2 cm³/mol. The Kier molecular flexibility index (Phi) is 4.65. The molecule has 1 unspecified atom stereocenters. The van der Waals surface area contributed by atoms with Crippen LogP contribution in [0.5, 0.6) is 0 Å². The lowest BCUT2D eigenvalue weighted by Gasteiger charge is -2.25. The first-order valence-electron chi connectivity index (χ1n) is 7.34. The summed E-state index contributed by atoms with van der Waals surface area (Å²) in [4.78, 5) is 2.57. The van der Waals surface area contributed by atoms with Gasteiger partial charge in [0, 0.05) is 24.3 Å². The Morgan fingerprint density at radius 2 is 1.89 bits per heavy atom. The number of anilines is 1. The zero-order chi connectivity index (χ0) is 13.0. The fraction of sp³-hybridized carbons (Fsp3) is 0.625. The van der Waals surface area contributed by atoms with E-state index in [1.165, 1.54) is 37.1 Å². The van der Waals surface area contributed by atoms with Crippen molar-refractivity contribution in [3.63, 3.8) is 0 Å². The second-order valence-electron chi connectivity index (χ2n) is 5.27. The number of nitrogens with one attached hydrogen (secondary N) is 1. The minimum absolute atomic E-state index is 0.486. The predicted octanol–water partition coefficient (Wildman–Crippen LogP) is 3.74. The van der Waals surface area contributed by atoms with E-state index < -0.39 is 0 Å². The van der Waals surface area contributed by atoms with Crippen LogP contribution < -0.4 is 10.2 Å². The molecule has 1 aromatic carbocycles. The average molecular weight is 246 g/mol. The molecule has 1 atom stereocenters. The lowest BCUT2D eigenvalue weighted by Crippen LogP contribution is -2.26. The summed E-state index contributed by atoms with van der Waals surface area (Å²) in [5.74, 6) is 0. The number of hydrogen-bond donors (Lipinski definition) is 1. The van der Waals surface area contributed by atoms with Crippen LogP contribution in [-0.2, 0) is 0 Å². The van der Waals surface area contributed by atoms with Crippen molar-refractivity contribution in [1.82, 2.24) is 5.32 Å². The molecule has 0 spiro atoms. The second kappa shape index (κ2) is 6.24. The molecular formula is C16H26N2. The van der Waals surface area contributed by atoms with Gasteiger partial charge in [-0.25, -0.2) is 0 Å². The van der Waals surface area contributed by atoms with Crippen LogP contribution in [0.15, 0.2) is 24.3 Å². The molecule has 0 saturated heterocycles. The van der Waals surface area contributed by atoms with E-state index >= 15 is 0 Å². The molecular weight excluding hydrogens is 220 g/mol. The van der Waals surface area contributed by atoms with E-state index in [9.17, 15) is 0 Å². The average Bonchev–Trinajstić information content (AvgIpc) is 3.23. The highest BCUT2D eigenvalue weighted by atomic mass is 15.2. The van der Waals surface area contributed by atoms with Gasteiger partial charge in [-0.05, 0) is 50.4 Å². The Morgan fingerprint density at radius 3 is 2.33 bits per heavy atom. The Hall–Kier alpha value is -1.02. The minimum Gasteiger partial charge on any atom is -0.369 e. The second-order valence-corrected chi connectivity index (χ2v) is 5.27. The summed E-state index contributed by atoms with van der Waals surface area (Å²) in [5.41, 5.74) is 2.80. The molecule has 0 heterocycles. The van der Waals surface area contributed by atoms with Gasteiger partial charge in [-0.15, -0.1) is 0 Å². The maximum absolute atomic E-state index is 3.36. The molecule has 1 aliphatic rings. The Balaban J connectivity index is 2.10. The van der Waals surface area contributed by atoms with Crippen molar-refractivity contribution in [2.75, 3.05) is 18.5 Å². The molecule has 0 aliphatic heterocycles. The molecule has 1 N–H and O–H groups in total. The van der Waals surface area contributed by atoms with Gasteiger partial charge in [0.25, 0.3) is 0 Å². The van der Waals surface area contributed by atoms with Gasteiger partial charge in [-0.1, -0.05) is 26.0 Å². The Morgan fingerprint density at radius 1 is 1.22 bits per heavy atom. The summed E-state index contributed by atoms with van der Waals surface area (Å²) in [6.07, 6.45) is 5.11. The van der Waals surface area contributed by atoms with E-state index in [0.717, 1.165) is 12.5 Å². The van der Waals surface area contributed by atoms with Gasteiger partial charge < -0.3 is 10.2 Å². The minimum atomic E-state index is 0.486. The molecule has 0 radical (unpaired) electrons. The lowest BCUT2D eigenvalue weighted by atomic mass is 10.0. The van der Waals surface area contributed by atoms with Crippen molar-refractivity contribution in [3.8, 4) is 0 Å². The summed E-state index contributed by atoms with van der Waals surface area (Å²) in [6.45, 7) is 5.67. The Labute approximate surface area is 111 Å². The van der Waals surface area contributed by atoms with Crippen molar-refractivity contribution in [2.45, 2.75) is 51.6 Å². The number of rotatable bonds is 7. The van der Waals surface area contributed by atoms with Gasteiger partial charge in [0.15, 0.2) is 0 Å². The van der Waals surface area contributed by atoms with Crippen molar-refractivity contribution >= 4 is 5.69 Å². The molecule has 0 bridgehead atoms. The molecule has 0 aromatic heterocycles. The van der Waals surface area contributed by atoms with Gasteiger partial charge in [0.05, 0.1) is 0 Å². The van der Waals surface area contributed by atoms with E-state index in [4.69, 9.17) is 0 Å². The zero-order valence-corrected chi connectivity index (χ0v) is 11.9. The van der Waals surface area contributed by atoms with Gasteiger partial charge in [0.2, 0.25) is 0 Å². The number of benzene rings is 1. The smallest absolute Gasteiger partial charge is 0.0368 e. The molecule has 2 nitrogen and oxygen atoms in total. The molecule has 100 valence electrons. The van der Waals surface area contributed by atoms with E-state index in [-0.39, 0.29) is 0 Å². The standard InChI is InChI=1S/C16H26N2/c1-4-12-18(15-10-11-15)14-8-6-13(7-9-14)16(5-2)17-3/h6-9,15-17H,4-5,10-12H2,1-3H3. The normalized spacial score (nSPS) is 16.6. The molecule has 2 heteroatoms. The summed E-state index contributed by atoms with van der Waals surface area (Å²) in [6, 6.07) is 10.4. The molecule has 0 amide bonds. The van der Waals surface area contributed by atoms with Crippen molar-refractivity contribution in [2.24, 2.45) is 0 Å². The number of nitrogens with zero attached hydrogens (tertiary/aromatic N) is 1. The quantitative estimate of drug-likeness (QED) is 0.788. The summed E-state index contributed by atoms with van der Waals surface area (Å²) >= 11 is 0. The highest BCUT2D eigenvalue weighted by Crippen LogP contribution is 2.32. The van der Waals surface area contributed by atoms with Crippen LogP contribution >= 0.6 is 0 Å². The van der Waals surface area contributed by atoms with Gasteiger partial charge in [-0.2, -0.15) is 0 Å². The fourth-order valence-corrected chi connectivity index (χ4v) is 2.65. The van der Waals surface area contributed by atoms with Crippen LogP contribution in [-0.4, -0.2) is 19.6 Å². The molecule has 1 aromatic rings. The van der Waals surface area contributed by atoms with Crippen LogP contribution in [0.1, 0.15) is 51.1 Å². The first kappa shape index (κ1) is 13.4. The molecule has 1 aliphatic carbocycles. The molecule has 1 saturated carbocycles. The highest BCUT2D eigenvalue weighted by molar-refractivity contribution is 5.50. The number of hydrogen-bond acceptors (Lipinski definition) is 2. The SMILES string of the molecule is CCCN(c1ccc(C(CC)NC)cc1)C1CC1.